The average molecular weight is 490 g/mol. The van der Waals surface area contributed by atoms with E-state index in [4.69, 9.17) is 0 Å². The zero-order valence-electron chi connectivity index (χ0n) is 20.0. The van der Waals surface area contributed by atoms with E-state index < -0.39 is 14.6 Å². The molecule has 0 radical (unpaired) electrons. The van der Waals surface area contributed by atoms with E-state index in [0.29, 0.717) is 11.4 Å². The molecule has 1 heterocycles. The quantitative estimate of drug-likeness (QED) is 0.409. The first-order chi connectivity index (χ1) is 16.6. The van der Waals surface area contributed by atoms with E-state index in [-0.39, 0.29) is 22.9 Å². The summed E-state index contributed by atoms with van der Waals surface area (Å²) in [5, 5.41) is 17.1. The molecule has 180 valence electrons. The van der Waals surface area contributed by atoms with Crippen LogP contribution in [0.15, 0.2) is 71.6 Å². The SMILES string of the molecule is Cc1ccc(CC(=O)Nc2cc(-c3ccccc3-c3nn[nH]n3)ccc2S(=O)(=O)C(C)(C)C)cc1. The molecule has 1 amide bonds. The number of aromatic nitrogens is 4. The number of hydrogen-bond acceptors (Lipinski definition) is 6. The van der Waals surface area contributed by atoms with Crippen LogP contribution in [0.4, 0.5) is 5.69 Å². The lowest BCUT2D eigenvalue weighted by atomic mass is 9.99. The minimum absolute atomic E-state index is 0.0723. The molecule has 0 saturated heterocycles. The van der Waals surface area contributed by atoms with Crippen molar-refractivity contribution in [3.8, 4) is 22.5 Å². The first kappa shape index (κ1) is 24.3. The number of hydrogen-bond donors (Lipinski definition) is 2. The van der Waals surface area contributed by atoms with Crippen molar-refractivity contribution in [2.45, 2.75) is 43.8 Å². The molecule has 0 spiro atoms. The van der Waals surface area contributed by atoms with Crippen molar-refractivity contribution in [3.05, 3.63) is 77.9 Å². The zero-order chi connectivity index (χ0) is 25.2. The summed E-state index contributed by atoms with van der Waals surface area (Å²) < 4.78 is 25.7. The van der Waals surface area contributed by atoms with Gasteiger partial charge in [0.2, 0.25) is 11.7 Å². The van der Waals surface area contributed by atoms with E-state index in [2.05, 4.69) is 25.9 Å². The van der Waals surface area contributed by atoms with Crippen molar-refractivity contribution >= 4 is 21.4 Å². The van der Waals surface area contributed by atoms with Crippen LogP contribution >= 0.6 is 0 Å². The Kier molecular flexibility index (Phi) is 6.53. The number of sulfone groups is 1. The van der Waals surface area contributed by atoms with E-state index >= 15 is 0 Å². The normalized spacial score (nSPS) is 11.9. The maximum absolute atomic E-state index is 13.4. The van der Waals surface area contributed by atoms with Crippen LogP contribution in [0.2, 0.25) is 0 Å². The molecule has 0 saturated carbocycles. The van der Waals surface area contributed by atoms with Crippen LogP contribution in [0, 0.1) is 6.92 Å². The van der Waals surface area contributed by atoms with Gasteiger partial charge in [-0.2, -0.15) is 5.21 Å². The van der Waals surface area contributed by atoms with Gasteiger partial charge in [-0.15, -0.1) is 10.2 Å². The number of nitrogens with one attached hydrogen (secondary N) is 2. The first-order valence-corrected chi connectivity index (χ1v) is 12.6. The lowest BCUT2D eigenvalue weighted by molar-refractivity contribution is -0.115. The Morgan fingerprint density at radius 3 is 2.29 bits per heavy atom. The van der Waals surface area contributed by atoms with Gasteiger partial charge in [-0.3, -0.25) is 4.79 Å². The highest BCUT2D eigenvalue weighted by Gasteiger charge is 2.33. The van der Waals surface area contributed by atoms with Gasteiger partial charge in [0.05, 0.1) is 21.8 Å². The molecule has 4 rings (SSSR count). The number of nitrogens with zero attached hydrogens (tertiary/aromatic N) is 3. The molecular weight excluding hydrogens is 462 g/mol. The number of aromatic amines is 1. The number of rotatable bonds is 6. The summed E-state index contributed by atoms with van der Waals surface area (Å²) >= 11 is 0. The van der Waals surface area contributed by atoms with Crippen LogP contribution in [0.1, 0.15) is 31.9 Å². The highest BCUT2D eigenvalue weighted by molar-refractivity contribution is 7.93. The summed E-state index contributed by atoms with van der Waals surface area (Å²) in [5.74, 6) is 0.111. The predicted octanol–water partition coefficient (Wildman–Crippen LogP) is 4.60. The highest BCUT2D eigenvalue weighted by Crippen LogP contribution is 2.36. The molecule has 35 heavy (non-hydrogen) atoms. The molecule has 0 bridgehead atoms. The van der Waals surface area contributed by atoms with Crippen LogP contribution in [-0.2, 0) is 21.1 Å². The Labute approximate surface area is 204 Å². The Bertz CT molecular complexity index is 1460. The monoisotopic (exact) mass is 489 g/mol. The van der Waals surface area contributed by atoms with Gasteiger partial charge in [0.1, 0.15) is 0 Å². The Morgan fingerprint density at radius 2 is 1.66 bits per heavy atom. The van der Waals surface area contributed by atoms with E-state index in [9.17, 15) is 13.2 Å². The molecule has 4 aromatic rings. The third-order valence-corrected chi connectivity index (χ3v) is 8.21. The smallest absolute Gasteiger partial charge is 0.228 e. The average Bonchev–Trinajstić information content (AvgIpc) is 3.34. The van der Waals surface area contributed by atoms with E-state index in [1.807, 2.05) is 55.5 Å². The van der Waals surface area contributed by atoms with Gasteiger partial charge in [-0.1, -0.05) is 60.2 Å². The zero-order valence-corrected chi connectivity index (χ0v) is 20.8. The number of tetrazole rings is 1. The van der Waals surface area contributed by atoms with Gasteiger partial charge < -0.3 is 5.32 Å². The Hall–Kier alpha value is -3.85. The maximum atomic E-state index is 13.4. The lowest BCUT2D eigenvalue weighted by Gasteiger charge is -2.22. The summed E-state index contributed by atoms with van der Waals surface area (Å²) in [6.07, 6.45) is 0.124. The number of carbonyl (C=O) groups excluding carboxylic acids is 1. The summed E-state index contributed by atoms with van der Waals surface area (Å²) in [4.78, 5) is 13.0. The second kappa shape index (κ2) is 9.42. The lowest BCUT2D eigenvalue weighted by Crippen LogP contribution is -2.29. The third-order valence-electron chi connectivity index (χ3n) is 5.66. The number of anilines is 1. The van der Waals surface area contributed by atoms with Crippen LogP contribution in [-0.4, -0.2) is 39.7 Å². The molecule has 0 fully saturated rings. The fourth-order valence-electron chi connectivity index (χ4n) is 3.65. The van der Waals surface area contributed by atoms with Crippen molar-refractivity contribution in [1.82, 2.24) is 20.6 Å². The molecule has 0 aliphatic heterocycles. The molecule has 3 aromatic carbocycles. The molecule has 1 aromatic heterocycles. The predicted molar refractivity (Wildman–Crippen MR) is 136 cm³/mol. The number of benzene rings is 3. The third kappa shape index (κ3) is 5.14. The summed E-state index contributed by atoms with van der Waals surface area (Å²) in [7, 11) is -3.74. The summed E-state index contributed by atoms with van der Waals surface area (Å²) in [5.41, 5.74) is 4.39. The second-order valence-electron chi connectivity index (χ2n) is 9.32. The van der Waals surface area contributed by atoms with Gasteiger partial charge in [0.25, 0.3) is 0 Å². The molecule has 0 atom stereocenters. The van der Waals surface area contributed by atoms with E-state index in [0.717, 1.165) is 22.3 Å². The first-order valence-electron chi connectivity index (χ1n) is 11.1. The summed E-state index contributed by atoms with van der Waals surface area (Å²) in [6, 6.07) is 20.1. The van der Waals surface area contributed by atoms with Gasteiger partial charge in [-0.25, -0.2) is 8.42 Å². The Morgan fingerprint density at radius 1 is 0.971 bits per heavy atom. The largest absolute Gasteiger partial charge is 0.325 e. The van der Waals surface area contributed by atoms with E-state index in [1.165, 1.54) is 0 Å². The minimum Gasteiger partial charge on any atom is -0.325 e. The van der Waals surface area contributed by atoms with Crippen LogP contribution < -0.4 is 5.32 Å². The van der Waals surface area contributed by atoms with Crippen LogP contribution in [0.5, 0.6) is 0 Å². The molecular formula is C26H27N5O3S. The number of H-pyrrole nitrogens is 1. The minimum atomic E-state index is -3.74. The topological polar surface area (TPSA) is 118 Å². The number of aryl methyl sites for hydroxylation is 1. The highest BCUT2D eigenvalue weighted by atomic mass is 32.2. The van der Waals surface area contributed by atoms with Gasteiger partial charge >= 0.3 is 0 Å². The van der Waals surface area contributed by atoms with Crippen molar-refractivity contribution in [2.75, 3.05) is 5.32 Å². The fourth-order valence-corrected chi connectivity index (χ4v) is 4.96. The molecule has 2 N–H and O–H groups in total. The summed E-state index contributed by atoms with van der Waals surface area (Å²) in [6.45, 7) is 6.89. The van der Waals surface area contributed by atoms with Crippen molar-refractivity contribution < 1.29 is 13.2 Å². The van der Waals surface area contributed by atoms with E-state index in [1.54, 1.807) is 39.0 Å². The van der Waals surface area contributed by atoms with Crippen molar-refractivity contribution in [1.29, 1.82) is 0 Å². The van der Waals surface area contributed by atoms with Crippen molar-refractivity contribution in [3.63, 3.8) is 0 Å². The van der Waals surface area contributed by atoms with Gasteiger partial charge in [0, 0.05) is 5.56 Å². The van der Waals surface area contributed by atoms with Gasteiger partial charge in [0.15, 0.2) is 9.84 Å². The van der Waals surface area contributed by atoms with Crippen LogP contribution in [0.25, 0.3) is 22.5 Å². The molecule has 0 aliphatic rings. The molecule has 8 nitrogen and oxygen atoms in total. The van der Waals surface area contributed by atoms with Gasteiger partial charge in [-0.05, 0) is 61.7 Å². The fraction of sp³-hybridized carbons (Fsp3) is 0.231. The molecule has 0 aliphatic carbocycles. The van der Waals surface area contributed by atoms with Crippen LogP contribution in [0.3, 0.4) is 0 Å². The Balaban J connectivity index is 1.78. The maximum Gasteiger partial charge on any atom is 0.228 e. The van der Waals surface area contributed by atoms with Crippen molar-refractivity contribution in [2.24, 2.45) is 0 Å². The molecule has 0 unspecified atom stereocenters. The molecule has 9 heteroatoms. The second-order valence-corrected chi connectivity index (χ2v) is 12.0. The number of amides is 1. The standard InChI is InChI=1S/C26H27N5O3S/c1-17-9-11-18(12-10-17)15-24(32)27-22-16-19(13-14-23(22)35(33,34)26(2,3)4)20-7-5-6-8-21(20)25-28-30-31-29-25/h5-14,16H,15H2,1-4H3,(H,27,32)(H,28,29,30,31). The number of carbonyl (C=O) groups is 1.